The number of rotatable bonds is 6. The SMILES string of the molecule is CCOc1ccc(-n2c3nc4ccccc4nc3c3c(=O)n(C[C@H]4CCCO4)c(CC)nc32)cc1. The largest absolute Gasteiger partial charge is 0.494 e. The Morgan fingerprint density at radius 3 is 2.46 bits per heavy atom. The van der Waals surface area contributed by atoms with Crippen LogP contribution in [-0.2, 0) is 17.7 Å². The van der Waals surface area contributed by atoms with E-state index in [2.05, 4.69) is 0 Å². The molecule has 1 aliphatic heterocycles. The van der Waals surface area contributed by atoms with Gasteiger partial charge in [0.05, 0.1) is 30.3 Å². The molecule has 8 nitrogen and oxygen atoms in total. The minimum Gasteiger partial charge on any atom is -0.494 e. The molecule has 0 N–H and O–H groups in total. The first-order valence-corrected chi connectivity index (χ1v) is 12.2. The van der Waals surface area contributed by atoms with Gasteiger partial charge in [-0.25, -0.2) is 15.0 Å². The summed E-state index contributed by atoms with van der Waals surface area (Å²) in [7, 11) is 0. The maximum atomic E-state index is 14.0. The molecule has 0 aliphatic carbocycles. The molecule has 5 aromatic rings. The van der Waals surface area contributed by atoms with Crippen molar-refractivity contribution in [3.63, 3.8) is 0 Å². The van der Waals surface area contributed by atoms with E-state index in [0.29, 0.717) is 41.8 Å². The first-order chi connectivity index (χ1) is 17.2. The highest BCUT2D eigenvalue weighted by Gasteiger charge is 2.25. The Balaban J connectivity index is 1.67. The maximum Gasteiger partial charge on any atom is 0.265 e. The van der Waals surface area contributed by atoms with Gasteiger partial charge in [0.25, 0.3) is 5.56 Å². The second-order valence-electron chi connectivity index (χ2n) is 8.78. The van der Waals surface area contributed by atoms with E-state index in [-0.39, 0.29) is 11.7 Å². The minimum atomic E-state index is -0.0957. The summed E-state index contributed by atoms with van der Waals surface area (Å²) in [6.07, 6.45) is 2.63. The van der Waals surface area contributed by atoms with Gasteiger partial charge in [-0.3, -0.25) is 13.9 Å². The minimum absolute atomic E-state index is 0.0311. The third-order valence-corrected chi connectivity index (χ3v) is 6.57. The monoisotopic (exact) mass is 469 g/mol. The van der Waals surface area contributed by atoms with E-state index in [1.807, 2.05) is 66.9 Å². The molecule has 0 unspecified atom stereocenters. The molecule has 0 amide bonds. The molecule has 0 spiro atoms. The van der Waals surface area contributed by atoms with Crippen molar-refractivity contribution in [1.29, 1.82) is 0 Å². The lowest BCUT2D eigenvalue weighted by Crippen LogP contribution is -2.30. The second-order valence-corrected chi connectivity index (χ2v) is 8.78. The Kier molecular flexibility index (Phi) is 5.45. The number of aromatic nitrogens is 5. The Hall–Kier alpha value is -3.78. The van der Waals surface area contributed by atoms with Crippen LogP contribution in [0.15, 0.2) is 53.3 Å². The lowest BCUT2D eigenvalue weighted by atomic mass is 10.2. The summed E-state index contributed by atoms with van der Waals surface area (Å²) in [6, 6.07) is 15.5. The molecule has 4 heterocycles. The summed E-state index contributed by atoms with van der Waals surface area (Å²) in [5, 5.41) is 0.488. The first kappa shape index (κ1) is 21.7. The van der Waals surface area contributed by atoms with Gasteiger partial charge in [-0.1, -0.05) is 19.1 Å². The van der Waals surface area contributed by atoms with Crippen molar-refractivity contribution < 1.29 is 9.47 Å². The zero-order chi connectivity index (χ0) is 23.9. The van der Waals surface area contributed by atoms with Gasteiger partial charge in [-0.05, 0) is 56.2 Å². The molecule has 8 heteroatoms. The van der Waals surface area contributed by atoms with Crippen molar-refractivity contribution in [3.05, 3.63) is 64.7 Å². The Bertz CT molecular complexity index is 1600. The lowest BCUT2D eigenvalue weighted by Gasteiger charge is -2.16. The number of hydrogen-bond donors (Lipinski definition) is 0. The molecule has 3 aromatic heterocycles. The number of hydrogen-bond acceptors (Lipinski definition) is 6. The van der Waals surface area contributed by atoms with E-state index in [0.717, 1.165) is 47.7 Å². The van der Waals surface area contributed by atoms with Crippen LogP contribution in [0.2, 0.25) is 0 Å². The molecule has 0 radical (unpaired) electrons. The second kappa shape index (κ2) is 8.78. The summed E-state index contributed by atoms with van der Waals surface area (Å²) < 4.78 is 15.2. The normalized spacial score (nSPS) is 16.0. The van der Waals surface area contributed by atoms with Gasteiger partial charge in [0.1, 0.15) is 22.5 Å². The van der Waals surface area contributed by atoms with Crippen LogP contribution in [0.25, 0.3) is 38.9 Å². The summed E-state index contributed by atoms with van der Waals surface area (Å²) in [5.41, 5.74) is 4.02. The van der Waals surface area contributed by atoms with E-state index < -0.39 is 0 Å². The Morgan fingerprint density at radius 1 is 1.00 bits per heavy atom. The number of fused-ring (bicyclic) bond motifs is 4. The average Bonchev–Trinajstić information content (AvgIpc) is 3.50. The van der Waals surface area contributed by atoms with Crippen LogP contribution in [0.3, 0.4) is 0 Å². The van der Waals surface area contributed by atoms with E-state index in [1.165, 1.54) is 0 Å². The number of benzene rings is 2. The van der Waals surface area contributed by atoms with Gasteiger partial charge in [0, 0.05) is 18.7 Å². The average molecular weight is 470 g/mol. The number of ether oxygens (including phenoxy) is 2. The summed E-state index contributed by atoms with van der Waals surface area (Å²) in [4.78, 5) is 28.8. The fourth-order valence-electron chi connectivity index (χ4n) is 4.92. The van der Waals surface area contributed by atoms with Crippen LogP contribution in [0.5, 0.6) is 5.75 Å². The highest BCUT2D eigenvalue weighted by molar-refractivity contribution is 6.05. The Labute approximate surface area is 202 Å². The molecule has 6 rings (SSSR count). The zero-order valence-electron chi connectivity index (χ0n) is 19.9. The fourth-order valence-corrected chi connectivity index (χ4v) is 4.92. The summed E-state index contributed by atoms with van der Waals surface area (Å²) in [5.74, 6) is 1.52. The fraction of sp³-hybridized carbons (Fsp3) is 0.333. The molecule has 1 fully saturated rings. The number of aryl methyl sites for hydroxylation is 1. The first-order valence-electron chi connectivity index (χ1n) is 12.2. The van der Waals surface area contributed by atoms with Crippen LogP contribution in [0.4, 0.5) is 0 Å². The molecule has 35 heavy (non-hydrogen) atoms. The quantitative estimate of drug-likeness (QED) is 0.366. The highest BCUT2D eigenvalue weighted by atomic mass is 16.5. The van der Waals surface area contributed by atoms with Crippen molar-refractivity contribution in [2.45, 2.75) is 45.8 Å². The highest BCUT2D eigenvalue weighted by Crippen LogP contribution is 2.30. The van der Waals surface area contributed by atoms with Gasteiger partial charge in [-0.15, -0.1) is 0 Å². The summed E-state index contributed by atoms with van der Waals surface area (Å²) >= 11 is 0. The van der Waals surface area contributed by atoms with Crippen molar-refractivity contribution in [2.75, 3.05) is 13.2 Å². The predicted molar refractivity (Wildman–Crippen MR) is 135 cm³/mol. The smallest absolute Gasteiger partial charge is 0.265 e. The molecule has 0 saturated carbocycles. The van der Waals surface area contributed by atoms with E-state index in [4.69, 9.17) is 24.4 Å². The van der Waals surface area contributed by atoms with Crippen molar-refractivity contribution >= 4 is 33.2 Å². The van der Waals surface area contributed by atoms with Crippen molar-refractivity contribution in [2.24, 2.45) is 0 Å². The third kappa shape index (κ3) is 3.65. The maximum absolute atomic E-state index is 14.0. The van der Waals surface area contributed by atoms with Crippen molar-refractivity contribution in [1.82, 2.24) is 24.1 Å². The standard InChI is InChI=1S/C27H27N5O3/c1-3-22-30-25-23(27(33)31(22)16-19-8-7-15-35-19)24-26(29-21-10-6-5-9-20(21)28-24)32(25)17-11-13-18(14-12-17)34-4-2/h5-6,9-14,19H,3-4,7-8,15-16H2,1-2H3/t19-/m1/s1. The molecule has 178 valence electrons. The van der Waals surface area contributed by atoms with Crippen LogP contribution < -0.4 is 10.3 Å². The van der Waals surface area contributed by atoms with Crippen LogP contribution in [-0.4, -0.2) is 43.4 Å². The molecular weight excluding hydrogens is 442 g/mol. The molecule has 0 bridgehead atoms. The van der Waals surface area contributed by atoms with Gasteiger partial charge < -0.3 is 9.47 Å². The van der Waals surface area contributed by atoms with Crippen LogP contribution >= 0.6 is 0 Å². The molecule has 1 atom stereocenters. The van der Waals surface area contributed by atoms with E-state index in [9.17, 15) is 4.79 Å². The summed E-state index contributed by atoms with van der Waals surface area (Å²) in [6.45, 7) is 5.82. The number of nitrogens with zero attached hydrogens (tertiary/aromatic N) is 5. The van der Waals surface area contributed by atoms with Crippen molar-refractivity contribution in [3.8, 4) is 11.4 Å². The molecule has 1 aliphatic rings. The van der Waals surface area contributed by atoms with E-state index >= 15 is 0 Å². The van der Waals surface area contributed by atoms with Gasteiger partial charge in [0.15, 0.2) is 11.3 Å². The van der Waals surface area contributed by atoms with Gasteiger partial charge in [0.2, 0.25) is 0 Å². The zero-order valence-corrected chi connectivity index (χ0v) is 19.9. The van der Waals surface area contributed by atoms with Gasteiger partial charge >= 0.3 is 0 Å². The molecular formula is C27H27N5O3. The molecule has 1 saturated heterocycles. The van der Waals surface area contributed by atoms with E-state index in [1.54, 1.807) is 4.57 Å². The van der Waals surface area contributed by atoms with Gasteiger partial charge in [-0.2, -0.15) is 0 Å². The lowest BCUT2D eigenvalue weighted by molar-refractivity contribution is 0.0953. The Morgan fingerprint density at radius 2 is 1.77 bits per heavy atom. The van der Waals surface area contributed by atoms with Crippen LogP contribution in [0, 0.1) is 0 Å². The predicted octanol–water partition coefficient (Wildman–Crippen LogP) is 4.42. The molecule has 2 aromatic carbocycles. The van der Waals surface area contributed by atoms with Crippen LogP contribution in [0.1, 0.15) is 32.5 Å². The topological polar surface area (TPSA) is 84.1 Å². The number of para-hydroxylation sites is 2. The third-order valence-electron chi connectivity index (χ3n) is 6.57.